The number of hydrogen-bond donors (Lipinski definition) is 0. The van der Waals surface area contributed by atoms with Gasteiger partial charge >= 0.3 is 0 Å². The second-order valence-electron chi connectivity index (χ2n) is 9.34. The Labute approximate surface area is 221 Å². The number of fused-ring (bicyclic) bond motifs is 3. The predicted octanol–water partition coefficient (Wildman–Crippen LogP) is 10.7. The first kappa shape index (κ1) is 21.6. The first-order chi connectivity index (χ1) is 18.2. The van der Waals surface area contributed by atoms with Gasteiger partial charge < -0.3 is 0 Å². The number of hydrogen-bond acceptors (Lipinski definition) is 0. The lowest BCUT2D eigenvalue weighted by molar-refractivity contribution is 1.58. The summed E-state index contributed by atoms with van der Waals surface area (Å²) >= 11 is 6.45. The van der Waals surface area contributed by atoms with Gasteiger partial charge in [0.15, 0.2) is 5.69 Å². The molecule has 0 atom stereocenters. The minimum atomic E-state index is 0.566. The van der Waals surface area contributed by atoms with Crippen LogP contribution in [0.1, 0.15) is 0 Å². The van der Waals surface area contributed by atoms with Crippen LogP contribution in [0.2, 0.25) is 5.02 Å². The van der Waals surface area contributed by atoms with Gasteiger partial charge in [0, 0.05) is 10.6 Å². The zero-order valence-electron chi connectivity index (χ0n) is 19.9. The van der Waals surface area contributed by atoms with E-state index in [9.17, 15) is 0 Å². The van der Waals surface area contributed by atoms with E-state index in [-0.39, 0.29) is 0 Å². The molecule has 37 heavy (non-hydrogen) atoms. The molecule has 0 radical (unpaired) electrons. The Morgan fingerprint density at radius 3 is 1.89 bits per heavy atom. The van der Waals surface area contributed by atoms with Crippen molar-refractivity contribution in [3.8, 4) is 55.6 Å². The molecule has 7 rings (SSSR count). The third-order valence-electron chi connectivity index (χ3n) is 7.34. The minimum absolute atomic E-state index is 0.566. The van der Waals surface area contributed by atoms with E-state index in [1.165, 1.54) is 44.2 Å². The van der Waals surface area contributed by atoms with Gasteiger partial charge in [-0.2, -0.15) is 0 Å². The van der Waals surface area contributed by atoms with Crippen LogP contribution < -0.4 is 0 Å². The zero-order valence-corrected chi connectivity index (χ0v) is 20.6. The van der Waals surface area contributed by atoms with E-state index in [2.05, 4.69) is 95.8 Å². The molecular weight excluding hydrogens is 470 g/mol. The first-order valence-corrected chi connectivity index (χ1v) is 12.6. The second-order valence-corrected chi connectivity index (χ2v) is 9.75. The van der Waals surface area contributed by atoms with Crippen LogP contribution in [0.25, 0.3) is 71.3 Å². The Hall–Kier alpha value is -4.64. The normalized spacial score (nSPS) is 11.4. The molecule has 1 aliphatic rings. The van der Waals surface area contributed by atoms with Gasteiger partial charge in [0.2, 0.25) is 0 Å². The molecular formula is C35H20ClN. The van der Waals surface area contributed by atoms with Crippen molar-refractivity contribution >= 4 is 28.1 Å². The molecule has 172 valence electrons. The highest BCUT2D eigenvalue weighted by Gasteiger charge is 2.22. The summed E-state index contributed by atoms with van der Waals surface area (Å²) in [6.45, 7) is 7.50. The van der Waals surface area contributed by atoms with E-state index < -0.39 is 0 Å². The Bertz CT molecular complexity index is 1860. The van der Waals surface area contributed by atoms with E-state index in [4.69, 9.17) is 18.2 Å². The Morgan fingerprint density at radius 1 is 0.486 bits per heavy atom. The van der Waals surface area contributed by atoms with E-state index in [1.807, 2.05) is 30.3 Å². The summed E-state index contributed by atoms with van der Waals surface area (Å²) in [5.74, 6) is 0. The molecule has 1 aliphatic carbocycles. The highest BCUT2D eigenvalue weighted by atomic mass is 35.5. The van der Waals surface area contributed by atoms with Crippen molar-refractivity contribution in [2.45, 2.75) is 0 Å². The van der Waals surface area contributed by atoms with Gasteiger partial charge in [0.25, 0.3) is 0 Å². The molecule has 6 aromatic rings. The highest BCUT2D eigenvalue weighted by Crippen LogP contribution is 2.49. The summed E-state index contributed by atoms with van der Waals surface area (Å²) in [5.41, 5.74) is 12.3. The van der Waals surface area contributed by atoms with Crippen LogP contribution in [0.3, 0.4) is 0 Å². The Balaban J connectivity index is 1.31. The summed E-state index contributed by atoms with van der Waals surface area (Å²) in [4.78, 5) is 3.65. The van der Waals surface area contributed by atoms with Crippen LogP contribution in [-0.2, 0) is 0 Å². The van der Waals surface area contributed by atoms with Gasteiger partial charge in [0.05, 0.1) is 6.57 Å². The van der Waals surface area contributed by atoms with Crippen molar-refractivity contribution in [3.63, 3.8) is 0 Å². The highest BCUT2D eigenvalue weighted by molar-refractivity contribution is 6.34. The van der Waals surface area contributed by atoms with E-state index in [0.717, 1.165) is 22.3 Å². The fourth-order valence-electron chi connectivity index (χ4n) is 5.65. The molecule has 2 heteroatoms. The maximum Gasteiger partial charge on any atom is 0.196 e. The standard InChI is InChI=1S/C35H20ClN/c1-37-33-14-6-13-32(36)34(33)23-17-15-22(16-18-23)24-7-4-8-25(21-24)26-19-20-31-28-10-3-2-9-27(28)30-12-5-11-29(26)35(30)31/h2-21H. The van der Waals surface area contributed by atoms with Crippen LogP contribution in [-0.4, -0.2) is 0 Å². The lowest BCUT2D eigenvalue weighted by atomic mass is 9.92. The average molecular weight is 490 g/mol. The first-order valence-electron chi connectivity index (χ1n) is 12.3. The molecule has 0 saturated heterocycles. The molecule has 0 fully saturated rings. The molecule has 0 N–H and O–H groups in total. The summed E-state index contributed by atoms with van der Waals surface area (Å²) < 4.78 is 0. The molecule has 0 aliphatic heterocycles. The fourth-order valence-corrected chi connectivity index (χ4v) is 5.93. The smallest absolute Gasteiger partial charge is 0.196 e. The van der Waals surface area contributed by atoms with Gasteiger partial charge in [-0.05, 0) is 73.0 Å². The second kappa shape index (κ2) is 8.49. The SMILES string of the molecule is [C-]#[N+]c1cccc(Cl)c1-c1ccc(-c2cccc(-c3ccc4c5c(cccc35)-c3ccccc3-4)c2)cc1. The summed E-state index contributed by atoms with van der Waals surface area (Å²) in [6, 6.07) is 42.3. The molecule has 0 heterocycles. The van der Waals surface area contributed by atoms with Gasteiger partial charge in [-0.1, -0.05) is 121 Å². The average Bonchev–Trinajstić information content (AvgIpc) is 3.28. The molecule has 0 unspecified atom stereocenters. The lowest BCUT2D eigenvalue weighted by Gasteiger charge is -2.12. The molecule has 0 saturated carbocycles. The largest absolute Gasteiger partial charge is 0.237 e. The van der Waals surface area contributed by atoms with Crippen LogP contribution in [0.4, 0.5) is 5.69 Å². The summed E-state index contributed by atoms with van der Waals surface area (Å²) in [7, 11) is 0. The maximum atomic E-state index is 7.50. The van der Waals surface area contributed by atoms with Crippen molar-refractivity contribution in [3.05, 3.63) is 138 Å². The van der Waals surface area contributed by atoms with E-state index in [0.29, 0.717) is 10.7 Å². The van der Waals surface area contributed by atoms with Crippen molar-refractivity contribution < 1.29 is 0 Å². The van der Waals surface area contributed by atoms with E-state index >= 15 is 0 Å². The summed E-state index contributed by atoms with van der Waals surface area (Å²) in [5, 5.41) is 3.22. The number of halogens is 1. The van der Waals surface area contributed by atoms with Gasteiger partial charge in [0.1, 0.15) is 0 Å². The maximum absolute atomic E-state index is 7.50. The van der Waals surface area contributed by atoms with Crippen molar-refractivity contribution in [2.24, 2.45) is 0 Å². The van der Waals surface area contributed by atoms with Crippen molar-refractivity contribution in [1.29, 1.82) is 0 Å². The van der Waals surface area contributed by atoms with Gasteiger partial charge in [-0.3, -0.25) is 0 Å². The number of benzene rings is 6. The molecule has 0 amide bonds. The topological polar surface area (TPSA) is 4.36 Å². The molecule has 0 bridgehead atoms. The molecule has 6 aromatic carbocycles. The van der Waals surface area contributed by atoms with Crippen molar-refractivity contribution in [1.82, 2.24) is 0 Å². The molecule has 1 nitrogen and oxygen atoms in total. The third kappa shape index (κ3) is 3.39. The van der Waals surface area contributed by atoms with Gasteiger partial charge in [-0.25, -0.2) is 4.85 Å². The third-order valence-corrected chi connectivity index (χ3v) is 7.66. The van der Waals surface area contributed by atoms with Crippen LogP contribution in [0.15, 0.2) is 121 Å². The van der Waals surface area contributed by atoms with E-state index in [1.54, 1.807) is 0 Å². The Kier molecular flexibility index (Phi) is 4.96. The van der Waals surface area contributed by atoms with Gasteiger partial charge in [-0.15, -0.1) is 0 Å². The molecule has 0 spiro atoms. The molecule has 0 aromatic heterocycles. The van der Waals surface area contributed by atoms with Crippen LogP contribution in [0, 0.1) is 6.57 Å². The minimum Gasteiger partial charge on any atom is -0.237 e. The fraction of sp³-hybridized carbons (Fsp3) is 0. The monoisotopic (exact) mass is 489 g/mol. The van der Waals surface area contributed by atoms with Crippen LogP contribution in [0.5, 0.6) is 0 Å². The zero-order chi connectivity index (χ0) is 24.9. The Morgan fingerprint density at radius 2 is 1.11 bits per heavy atom. The number of rotatable bonds is 3. The predicted molar refractivity (Wildman–Crippen MR) is 156 cm³/mol. The number of nitrogens with zero attached hydrogens (tertiary/aromatic N) is 1. The lowest BCUT2D eigenvalue weighted by Crippen LogP contribution is -1.86. The summed E-state index contributed by atoms with van der Waals surface area (Å²) in [6.07, 6.45) is 0. The van der Waals surface area contributed by atoms with Crippen LogP contribution >= 0.6 is 11.6 Å². The quantitative estimate of drug-likeness (QED) is 0.217. The van der Waals surface area contributed by atoms with Crippen molar-refractivity contribution in [2.75, 3.05) is 0 Å².